The number of hydrogen-bond donors (Lipinski definition) is 0. The molecule has 43 heavy (non-hydrogen) atoms. The van der Waals surface area contributed by atoms with Crippen LogP contribution in [0, 0.1) is 6.92 Å². The van der Waals surface area contributed by atoms with Gasteiger partial charge in [-0.25, -0.2) is 12.7 Å². The number of aryl methyl sites for hydroxylation is 1. The normalized spacial score (nSPS) is 16.3. The number of amides is 1. The standard InChI is InChI=1S/C31H36BrClN4O5S/c1-4-5-12-27-34-31(15-8-9-16-31)30(38)36(27)19-22-13-14-24(23(17-22)18-32)25-10-6-7-11-26(25)43(39,40)37(20-41-3)29-28(33)21(2)42-35-29/h6-7,10-11,13-14,17H,4-5,8-9,12,15-16,18-20H2,1-3H3. The van der Waals surface area contributed by atoms with Gasteiger partial charge in [0.05, 0.1) is 11.4 Å². The predicted molar refractivity (Wildman–Crippen MR) is 171 cm³/mol. The number of ether oxygens (including phenoxy) is 1. The Morgan fingerprint density at radius 3 is 2.56 bits per heavy atom. The van der Waals surface area contributed by atoms with E-state index in [0.717, 1.165) is 71.8 Å². The molecule has 1 aliphatic carbocycles. The minimum atomic E-state index is -4.18. The lowest BCUT2D eigenvalue weighted by Crippen LogP contribution is -2.40. The van der Waals surface area contributed by atoms with E-state index >= 15 is 0 Å². The van der Waals surface area contributed by atoms with Gasteiger partial charge >= 0.3 is 0 Å². The first-order valence-electron chi connectivity index (χ1n) is 14.5. The maximum absolute atomic E-state index is 14.1. The van der Waals surface area contributed by atoms with E-state index in [9.17, 15) is 13.2 Å². The Kier molecular flexibility index (Phi) is 9.65. The first kappa shape index (κ1) is 31.7. The molecule has 0 unspecified atom stereocenters. The summed E-state index contributed by atoms with van der Waals surface area (Å²) in [5.41, 5.74) is 2.53. The van der Waals surface area contributed by atoms with Gasteiger partial charge in [0, 0.05) is 24.4 Å². The molecule has 0 bridgehead atoms. The third-order valence-electron chi connectivity index (χ3n) is 8.14. The number of hydrogen-bond acceptors (Lipinski definition) is 7. The summed E-state index contributed by atoms with van der Waals surface area (Å²) in [6, 6.07) is 12.7. The highest BCUT2D eigenvalue weighted by molar-refractivity contribution is 9.08. The molecule has 0 radical (unpaired) electrons. The topological polar surface area (TPSA) is 105 Å². The van der Waals surface area contributed by atoms with Gasteiger partial charge in [0.1, 0.15) is 23.1 Å². The van der Waals surface area contributed by atoms with Crippen LogP contribution in [0.2, 0.25) is 5.02 Å². The summed E-state index contributed by atoms with van der Waals surface area (Å²) in [7, 11) is -2.78. The largest absolute Gasteiger partial charge is 0.363 e. The third-order valence-corrected chi connectivity index (χ3v) is 10.9. The fourth-order valence-electron chi connectivity index (χ4n) is 5.90. The minimum Gasteiger partial charge on any atom is -0.363 e. The van der Waals surface area contributed by atoms with Crippen LogP contribution in [0.25, 0.3) is 11.1 Å². The number of alkyl halides is 1. The number of nitrogens with zero attached hydrogens (tertiary/aromatic N) is 4. The van der Waals surface area contributed by atoms with Gasteiger partial charge in [-0.3, -0.25) is 14.7 Å². The Morgan fingerprint density at radius 2 is 1.91 bits per heavy atom. The van der Waals surface area contributed by atoms with E-state index in [1.165, 1.54) is 7.11 Å². The number of aliphatic imine (C=N–C) groups is 1. The van der Waals surface area contributed by atoms with Gasteiger partial charge in [-0.15, -0.1) is 0 Å². The number of amidine groups is 1. The lowest BCUT2D eigenvalue weighted by atomic mass is 9.97. The molecular weight excluding hydrogens is 656 g/mol. The lowest BCUT2D eigenvalue weighted by molar-refractivity contribution is -0.131. The lowest BCUT2D eigenvalue weighted by Gasteiger charge is -2.24. The van der Waals surface area contributed by atoms with Crippen LogP contribution in [0.3, 0.4) is 0 Å². The number of rotatable bonds is 12. The Labute approximate surface area is 266 Å². The van der Waals surface area contributed by atoms with Crippen molar-refractivity contribution in [3.05, 3.63) is 64.4 Å². The van der Waals surface area contributed by atoms with Crippen molar-refractivity contribution < 1.29 is 22.5 Å². The molecule has 1 amide bonds. The predicted octanol–water partition coefficient (Wildman–Crippen LogP) is 7.24. The highest BCUT2D eigenvalue weighted by Gasteiger charge is 2.49. The third kappa shape index (κ3) is 6.01. The number of carbonyl (C=O) groups is 1. The van der Waals surface area contributed by atoms with E-state index in [-0.39, 0.29) is 28.4 Å². The molecule has 0 N–H and O–H groups in total. The van der Waals surface area contributed by atoms with E-state index in [2.05, 4.69) is 28.0 Å². The number of carbonyl (C=O) groups excluding carboxylic acids is 1. The molecule has 12 heteroatoms. The van der Waals surface area contributed by atoms with Gasteiger partial charge in [-0.2, -0.15) is 0 Å². The average Bonchev–Trinajstić information content (AvgIpc) is 3.69. The second-order valence-corrected chi connectivity index (χ2v) is 13.8. The van der Waals surface area contributed by atoms with Crippen molar-refractivity contribution in [2.45, 2.75) is 81.1 Å². The van der Waals surface area contributed by atoms with Crippen molar-refractivity contribution >= 4 is 55.1 Å². The molecule has 2 aromatic carbocycles. The highest BCUT2D eigenvalue weighted by atomic mass is 79.9. The zero-order valence-corrected chi connectivity index (χ0v) is 27.8. The van der Waals surface area contributed by atoms with Gasteiger partial charge in [0.2, 0.25) is 5.82 Å². The van der Waals surface area contributed by atoms with Crippen LogP contribution in [0.1, 0.15) is 68.8 Å². The van der Waals surface area contributed by atoms with Crippen molar-refractivity contribution in [2.24, 2.45) is 4.99 Å². The Balaban J connectivity index is 1.50. The van der Waals surface area contributed by atoms with Crippen LogP contribution < -0.4 is 4.31 Å². The molecule has 2 aliphatic rings. The number of unbranched alkanes of at least 4 members (excludes halogenated alkanes) is 1. The summed E-state index contributed by atoms with van der Waals surface area (Å²) in [5.74, 6) is 1.26. The summed E-state index contributed by atoms with van der Waals surface area (Å²) in [6.07, 6.45) is 6.48. The van der Waals surface area contributed by atoms with E-state index in [1.807, 2.05) is 23.1 Å². The molecule has 1 aromatic heterocycles. The minimum absolute atomic E-state index is 0.0391. The van der Waals surface area contributed by atoms with Crippen molar-refractivity contribution in [2.75, 3.05) is 18.1 Å². The van der Waals surface area contributed by atoms with Crippen molar-refractivity contribution in [1.29, 1.82) is 0 Å². The fourth-order valence-corrected chi connectivity index (χ4v) is 8.12. The number of halogens is 2. The Hall–Kier alpha value is -2.73. The smallest absolute Gasteiger partial charge is 0.268 e. The van der Waals surface area contributed by atoms with Crippen LogP contribution in [0.15, 0.2) is 56.9 Å². The van der Waals surface area contributed by atoms with E-state index in [4.69, 9.17) is 25.9 Å². The van der Waals surface area contributed by atoms with Gasteiger partial charge in [-0.1, -0.05) is 95.3 Å². The van der Waals surface area contributed by atoms with Crippen LogP contribution in [-0.2, 0) is 31.4 Å². The summed E-state index contributed by atoms with van der Waals surface area (Å²) in [5, 5.41) is 4.47. The first-order valence-corrected chi connectivity index (χ1v) is 17.4. The zero-order chi connectivity index (χ0) is 30.8. The van der Waals surface area contributed by atoms with Crippen LogP contribution in [0.5, 0.6) is 0 Å². The van der Waals surface area contributed by atoms with Crippen LogP contribution in [-0.4, -0.2) is 49.6 Å². The van der Waals surface area contributed by atoms with E-state index in [1.54, 1.807) is 31.2 Å². The molecule has 0 saturated heterocycles. The molecule has 9 nitrogen and oxygen atoms in total. The van der Waals surface area contributed by atoms with Crippen molar-refractivity contribution in [1.82, 2.24) is 10.1 Å². The quantitative estimate of drug-likeness (QED) is 0.147. The molecule has 1 fully saturated rings. The molecule has 1 aliphatic heterocycles. The van der Waals surface area contributed by atoms with Gasteiger partial charge in [0.15, 0.2) is 5.76 Å². The molecule has 0 atom stereocenters. The zero-order valence-electron chi connectivity index (χ0n) is 24.6. The number of sulfonamides is 1. The van der Waals surface area contributed by atoms with Crippen molar-refractivity contribution in [3.63, 3.8) is 0 Å². The number of anilines is 1. The number of aromatic nitrogens is 1. The van der Waals surface area contributed by atoms with Crippen LogP contribution >= 0.6 is 27.5 Å². The average molecular weight is 692 g/mol. The fraction of sp³-hybridized carbons (Fsp3) is 0.452. The van der Waals surface area contributed by atoms with Crippen molar-refractivity contribution in [3.8, 4) is 11.1 Å². The summed E-state index contributed by atoms with van der Waals surface area (Å²) in [6.45, 7) is 3.87. The van der Waals surface area contributed by atoms with E-state index in [0.29, 0.717) is 23.2 Å². The maximum Gasteiger partial charge on any atom is 0.268 e. The molecular formula is C31H36BrClN4O5S. The van der Waals surface area contributed by atoms with Gasteiger partial charge in [-0.05, 0) is 48.9 Å². The molecule has 2 heterocycles. The second-order valence-electron chi connectivity index (χ2n) is 11.0. The first-order chi connectivity index (χ1) is 20.7. The number of methoxy groups -OCH3 is 1. The van der Waals surface area contributed by atoms with E-state index < -0.39 is 15.6 Å². The highest BCUT2D eigenvalue weighted by Crippen LogP contribution is 2.41. The second kappa shape index (κ2) is 13.1. The summed E-state index contributed by atoms with van der Waals surface area (Å²) in [4.78, 5) is 20.6. The molecule has 3 aromatic rings. The Morgan fingerprint density at radius 1 is 1.16 bits per heavy atom. The molecule has 1 spiro atoms. The van der Waals surface area contributed by atoms with Crippen LogP contribution in [0.4, 0.5) is 5.82 Å². The molecule has 1 saturated carbocycles. The summed E-state index contributed by atoms with van der Waals surface area (Å²) < 4.78 is 39.6. The monoisotopic (exact) mass is 690 g/mol. The maximum atomic E-state index is 14.1. The molecule has 230 valence electrons. The Bertz CT molecular complexity index is 1630. The molecule has 5 rings (SSSR count). The number of benzene rings is 2. The summed E-state index contributed by atoms with van der Waals surface area (Å²) >= 11 is 9.97. The van der Waals surface area contributed by atoms with Gasteiger partial charge in [0.25, 0.3) is 15.9 Å². The SMILES string of the molecule is CCCCC1=NC2(CCCC2)C(=O)N1Cc1ccc(-c2ccccc2S(=O)(=O)N(COC)c2noc(C)c2Cl)c(CBr)c1. The van der Waals surface area contributed by atoms with Gasteiger partial charge < -0.3 is 9.26 Å².